The van der Waals surface area contributed by atoms with Gasteiger partial charge < -0.3 is 9.30 Å². The third kappa shape index (κ3) is 5.16. The van der Waals surface area contributed by atoms with Gasteiger partial charge in [0.1, 0.15) is 0 Å². The molecule has 2 aromatic heterocycles. The lowest BCUT2D eigenvalue weighted by atomic mass is 10.0. The van der Waals surface area contributed by atoms with Crippen molar-refractivity contribution in [3.05, 3.63) is 77.1 Å². The molecule has 0 saturated heterocycles. The minimum absolute atomic E-state index is 0.109. The molecule has 1 aromatic carbocycles. The van der Waals surface area contributed by atoms with Crippen LogP contribution in [0, 0.1) is 0 Å². The molecule has 0 fully saturated rings. The summed E-state index contributed by atoms with van der Waals surface area (Å²) in [4.78, 5) is 15.7. The van der Waals surface area contributed by atoms with E-state index in [-0.39, 0.29) is 5.78 Å². The Morgan fingerprint density at radius 2 is 1.76 bits per heavy atom. The van der Waals surface area contributed by atoms with E-state index in [1.54, 1.807) is 0 Å². The minimum Gasteiger partial charge on any atom is -0.313 e. The maximum Gasteiger partial charge on any atom is 0.210 e. The van der Waals surface area contributed by atoms with E-state index >= 15 is 0 Å². The molecule has 29 heavy (non-hydrogen) atoms. The van der Waals surface area contributed by atoms with Crippen LogP contribution < -0.4 is 0 Å². The number of unbranched alkanes of at least 4 members (excludes halogenated alkanes) is 1. The van der Waals surface area contributed by atoms with Crippen molar-refractivity contribution in [2.45, 2.75) is 52.9 Å². The van der Waals surface area contributed by atoms with Crippen LogP contribution >= 0.6 is 0 Å². The standard InChI is InChI=1S/C26H34N2O/c1-4-17-27(6-3)18-9-7-11-21-13-15-23(16-14-21)26(29)25-22(5-2)20-24-12-8-10-19-28(24)25/h8,10,12-16,19-20H,4-7,9,11,17-18H2,1-3H3. The van der Waals surface area contributed by atoms with Crippen molar-refractivity contribution in [3.63, 3.8) is 0 Å². The number of carbonyl (C=O) groups excluding carboxylic acids is 1. The van der Waals surface area contributed by atoms with Crippen LogP contribution in [0.15, 0.2) is 54.7 Å². The van der Waals surface area contributed by atoms with Gasteiger partial charge in [-0.2, -0.15) is 0 Å². The Labute approximate surface area is 175 Å². The molecule has 0 aliphatic rings. The average Bonchev–Trinajstić information content (AvgIpc) is 3.14. The second-order valence-corrected chi connectivity index (χ2v) is 7.78. The number of carbonyl (C=O) groups is 1. The molecule has 3 aromatic rings. The molecular formula is C26H34N2O. The first kappa shape index (κ1) is 21.3. The number of ketones is 1. The number of hydrogen-bond donors (Lipinski definition) is 0. The number of rotatable bonds is 11. The predicted molar refractivity (Wildman–Crippen MR) is 122 cm³/mol. The highest BCUT2D eigenvalue weighted by Crippen LogP contribution is 2.21. The van der Waals surface area contributed by atoms with Gasteiger partial charge in [0.05, 0.1) is 5.69 Å². The SMILES string of the molecule is CCCN(CC)CCCCc1ccc(C(=O)c2c(CC)cc3ccccn23)cc1. The van der Waals surface area contributed by atoms with E-state index in [0.29, 0.717) is 0 Å². The molecule has 0 unspecified atom stereocenters. The first-order chi connectivity index (χ1) is 14.2. The van der Waals surface area contributed by atoms with Crippen LogP contribution in [0.2, 0.25) is 0 Å². The van der Waals surface area contributed by atoms with Gasteiger partial charge >= 0.3 is 0 Å². The normalized spacial score (nSPS) is 11.4. The molecule has 0 aliphatic heterocycles. The van der Waals surface area contributed by atoms with Gasteiger partial charge in [-0.15, -0.1) is 0 Å². The molecule has 3 rings (SSSR count). The molecule has 0 aliphatic carbocycles. The summed E-state index contributed by atoms with van der Waals surface area (Å²) in [6.07, 6.45) is 7.55. The highest BCUT2D eigenvalue weighted by molar-refractivity contribution is 6.09. The van der Waals surface area contributed by atoms with Gasteiger partial charge in [0.15, 0.2) is 0 Å². The van der Waals surface area contributed by atoms with Crippen LogP contribution in [0.4, 0.5) is 0 Å². The Balaban J connectivity index is 1.64. The molecule has 2 heterocycles. The first-order valence-electron chi connectivity index (χ1n) is 11.1. The van der Waals surface area contributed by atoms with E-state index in [2.05, 4.69) is 49.9 Å². The average molecular weight is 391 g/mol. The van der Waals surface area contributed by atoms with Crippen molar-refractivity contribution in [1.82, 2.24) is 9.30 Å². The smallest absolute Gasteiger partial charge is 0.210 e. The molecule has 0 amide bonds. The molecule has 0 N–H and O–H groups in total. The number of hydrogen-bond acceptors (Lipinski definition) is 2. The molecule has 0 atom stereocenters. The lowest BCUT2D eigenvalue weighted by Crippen LogP contribution is -2.25. The Morgan fingerprint density at radius 1 is 0.966 bits per heavy atom. The van der Waals surface area contributed by atoms with E-state index in [4.69, 9.17) is 0 Å². The molecule has 0 spiro atoms. The van der Waals surface area contributed by atoms with Crippen LogP contribution in [-0.4, -0.2) is 34.7 Å². The summed E-state index contributed by atoms with van der Waals surface area (Å²) in [5.41, 5.74) is 5.07. The zero-order valence-electron chi connectivity index (χ0n) is 18.2. The minimum atomic E-state index is 0.109. The molecule has 3 heteroatoms. The second kappa shape index (κ2) is 10.4. The van der Waals surface area contributed by atoms with Crippen molar-refractivity contribution in [1.29, 1.82) is 0 Å². The van der Waals surface area contributed by atoms with E-state index in [1.807, 2.05) is 34.9 Å². The lowest BCUT2D eigenvalue weighted by Gasteiger charge is -2.19. The maximum atomic E-state index is 13.2. The molecular weight excluding hydrogens is 356 g/mol. The van der Waals surface area contributed by atoms with Crippen LogP contribution in [0.25, 0.3) is 5.52 Å². The zero-order chi connectivity index (χ0) is 20.6. The number of pyridine rings is 1. The largest absolute Gasteiger partial charge is 0.313 e. The first-order valence-corrected chi connectivity index (χ1v) is 11.1. The second-order valence-electron chi connectivity index (χ2n) is 7.78. The van der Waals surface area contributed by atoms with Crippen LogP contribution in [0.3, 0.4) is 0 Å². The zero-order valence-corrected chi connectivity index (χ0v) is 18.2. The summed E-state index contributed by atoms with van der Waals surface area (Å²) in [5.74, 6) is 0.109. The Morgan fingerprint density at radius 3 is 2.45 bits per heavy atom. The van der Waals surface area contributed by atoms with E-state index in [0.717, 1.165) is 41.7 Å². The third-order valence-electron chi connectivity index (χ3n) is 5.75. The summed E-state index contributed by atoms with van der Waals surface area (Å²) >= 11 is 0. The Bertz CT molecular complexity index is 924. The third-order valence-corrected chi connectivity index (χ3v) is 5.75. The van der Waals surface area contributed by atoms with Crippen molar-refractivity contribution >= 4 is 11.3 Å². The van der Waals surface area contributed by atoms with Gasteiger partial charge in [-0.05, 0) is 81.1 Å². The fraction of sp³-hybridized carbons (Fsp3) is 0.423. The fourth-order valence-electron chi connectivity index (χ4n) is 4.07. The van der Waals surface area contributed by atoms with Crippen molar-refractivity contribution in [3.8, 4) is 0 Å². The van der Waals surface area contributed by atoms with Crippen molar-refractivity contribution in [2.24, 2.45) is 0 Å². The Hall–Kier alpha value is -2.39. The van der Waals surface area contributed by atoms with Gasteiger partial charge in [-0.3, -0.25) is 4.79 Å². The monoisotopic (exact) mass is 390 g/mol. The van der Waals surface area contributed by atoms with Crippen molar-refractivity contribution in [2.75, 3.05) is 19.6 Å². The Kier molecular flexibility index (Phi) is 7.65. The van der Waals surface area contributed by atoms with Crippen LogP contribution in [-0.2, 0) is 12.8 Å². The van der Waals surface area contributed by atoms with Gasteiger partial charge in [-0.1, -0.05) is 51.1 Å². The number of aryl methyl sites for hydroxylation is 2. The summed E-state index contributed by atoms with van der Waals surface area (Å²) < 4.78 is 2.02. The number of fused-ring (bicyclic) bond motifs is 1. The lowest BCUT2D eigenvalue weighted by molar-refractivity contribution is 0.103. The molecule has 0 saturated carbocycles. The summed E-state index contributed by atoms with van der Waals surface area (Å²) in [5, 5.41) is 0. The van der Waals surface area contributed by atoms with Crippen molar-refractivity contribution < 1.29 is 4.79 Å². The fourth-order valence-corrected chi connectivity index (χ4v) is 4.07. The molecule has 0 bridgehead atoms. The van der Waals surface area contributed by atoms with Gasteiger partial charge in [0, 0.05) is 17.3 Å². The molecule has 0 radical (unpaired) electrons. The highest BCUT2D eigenvalue weighted by atomic mass is 16.1. The molecule has 3 nitrogen and oxygen atoms in total. The number of aromatic nitrogens is 1. The van der Waals surface area contributed by atoms with E-state index in [1.165, 1.54) is 37.9 Å². The van der Waals surface area contributed by atoms with Crippen LogP contribution in [0.5, 0.6) is 0 Å². The number of nitrogens with zero attached hydrogens (tertiary/aromatic N) is 2. The highest BCUT2D eigenvalue weighted by Gasteiger charge is 2.18. The summed E-state index contributed by atoms with van der Waals surface area (Å²) in [6, 6.07) is 16.4. The number of benzene rings is 1. The van der Waals surface area contributed by atoms with Gasteiger partial charge in [0.2, 0.25) is 5.78 Å². The van der Waals surface area contributed by atoms with Crippen LogP contribution in [0.1, 0.15) is 67.2 Å². The van der Waals surface area contributed by atoms with E-state index in [9.17, 15) is 4.79 Å². The summed E-state index contributed by atoms with van der Waals surface area (Å²) in [7, 11) is 0. The topological polar surface area (TPSA) is 24.7 Å². The predicted octanol–water partition coefficient (Wildman–Crippen LogP) is 5.79. The molecule has 154 valence electrons. The van der Waals surface area contributed by atoms with E-state index < -0.39 is 0 Å². The van der Waals surface area contributed by atoms with Gasteiger partial charge in [0.25, 0.3) is 0 Å². The maximum absolute atomic E-state index is 13.2. The summed E-state index contributed by atoms with van der Waals surface area (Å²) in [6.45, 7) is 10.1. The quantitative estimate of drug-likeness (QED) is 0.306. The van der Waals surface area contributed by atoms with Gasteiger partial charge in [-0.25, -0.2) is 0 Å².